The summed E-state index contributed by atoms with van der Waals surface area (Å²) in [5.74, 6) is -1.30. The van der Waals surface area contributed by atoms with Crippen LogP contribution >= 0.6 is 0 Å². The van der Waals surface area contributed by atoms with Gasteiger partial charge in [0.15, 0.2) is 13.1 Å². The van der Waals surface area contributed by atoms with E-state index in [2.05, 4.69) is 10.1 Å². The fourth-order valence-electron chi connectivity index (χ4n) is 1.58. The van der Waals surface area contributed by atoms with Crippen LogP contribution in [0.5, 0.6) is 5.75 Å². The molecule has 0 fully saturated rings. The molecule has 0 saturated heterocycles. The third-order valence-corrected chi connectivity index (χ3v) is 2.31. The first-order valence-electron chi connectivity index (χ1n) is 5.91. The molecule has 1 atom stereocenters. The fourth-order valence-corrected chi connectivity index (χ4v) is 1.58. The lowest BCUT2D eigenvalue weighted by molar-refractivity contribution is -0.862. The second-order valence-corrected chi connectivity index (χ2v) is 4.40. The smallest absolute Gasteiger partial charge is 0.406 e. The third-order valence-electron chi connectivity index (χ3n) is 2.31. The zero-order chi connectivity index (χ0) is 16.0. The van der Waals surface area contributed by atoms with Crippen molar-refractivity contribution < 1.29 is 32.4 Å². The van der Waals surface area contributed by atoms with Crippen molar-refractivity contribution in [2.45, 2.75) is 6.36 Å². The lowest BCUT2D eigenvalue weighted by Gasteiger charge is -2.12. The first-order valence-corrected chi connectivity index (χ1v) is 5.91. The average molecular weight is 306 g/mol. The third kappa shape index (κ3) is 7.16. The molecule has 1 aromatic rings. The van der Waals surface area contributed by atoms with Gasteiger partial charge in [-0.3, -0.25) is 9.59 Å². The molecule has 0 bridgehead atoms. The van der Waals surface area contributed by atoms with Gasteiger partial charge in [-0.1, -0.05) is 0 Å². The molecule has 6 nitrogen and oxygen atoms in total. The van der Waals surface area contributed by atoms with Crippen LogP contribution in [0.2, 0.25) is 0 Å². The van der Waals surface area contributed by atoms with Crippen molar-refractivity contribution in [3.63, 3.8) is 0 Å². The first-order chi connectivity index (χ1) is 9.65. The molecule has 0 aliphatic carbocycles. The molecule has 1 aromatic carbocycles. The number of carbonyl (C=O) groups is 2. The number of hydrogen-bond donors (Lipinski definition) is 3. The van der Waals surface area contributed by atoms with Gasteiger partial charge < -0.3 is 20.7 Å². The molecular weight excluding hydrogens is 291 g/mol. The highest BCUT2D eigenvalue weighted by molar-refractivity contribution is 5.91. The SMILES string of the molecule is C[NH+](CC(N)=O)CC(=O)Nc1ccc(OC(F)(F)F)cc1. The van der Waals surface area contributed by atoms with Crippen LogP contribution in [0.4, 0.5) is 18.9 Å². The van der Waals surface area contributed by atoms with E-state index in [1.807, 2.05) is 0 Å². The summed E-state index contributed by atoms with van der Waals surface area (Å²) in [7, 11) is 1.62. The van der Waals surface area contributed by atoms with Crippen LogP contribution in [-0.4, -0.2) is 38.3 Å². The van der Waals surface area contributed by atoms with Crippen LogP contribution in [0.25, 0.3) is 0 Å². The van der Waals surface area contributed by atoms with Gasteiger partial charge in [0.25, 0.3) is 11.8 Å². The highest BCUT2D eigenvalue weighted by Crippen LogP contribution is 2.23. The van der Waals surface area contributed by atoms with Gasteiger partial charge in [-0.25, -0.2) is 0 Å². The second-order valence-electron chi connectivity index (χ2n) is 4.40. The number of rotatable bonds is 6. The number of anilines is 1. The summed E-state index contributed by atoms with van der Waals surface area (Å²) in [5.41, 5.74) is 5.31. The Balaban J connectivity index is 2.52. The molecule has 1 unspecified atom stereocenters. The Morgan fingerprint density at radius 1 is 1.24 bits per heavy atom. The quantitative estimate of drug-likeness (QED) is 0.664. The van der Waals surface area contributed by atoms with Crippen LogP contribution < -0.4 is 20.7 Å². The van der Waals surface area contributed by atoms with E-state index in [4.69, 9.17) is 5.73 Å². The van der Waals surface area contributed by atoms with E-state index in [9.17, 15) is 22.8 Å². The number of alkyl halides is 3. The van der Waals surface area contributed by atoms with Crippen LogP contribution in [-0.2, 0) is 9.59 Å². The topological polar surface area (TPSA) is 85.9 Å². The monoisotopic (exact) mass is 306 g/mol. The lowest BCUT2D eigenvalue weighted by atomic mass is 10.3. The van der Waals surface area contributed by atoms with Crippen LogP contribution in [0.1, 0.15) is 0 Å². The maximum absolute atomic E-state index is 12.0. The van der Waals surface area contributed by atoms with E-state index in [0.29, 0.717) is 10.6 Å². The molecule has 0 aliphatic rings. The van der Waals surface area contributed by atoms with Gasteiger partial charge in [0, 0.05) is 5.69 Å². The molecule has 0 heterocycles. The number of primary amides is 1. The van der Waals surface area contributed by atoms with E-state index < -0.39 is 18.2 Å². The maximum Gasteiger partial charge on any atom is 0.573 e. The fraction of sp³-hybridized carbons (Fsp3) is 0.333. The molecule has 0 radical (unpaired) electrons. The minimum absolute atomic E-state index is 0.00371. The first kappa shape index (κ1) is 16.8. The van der Waals surface area contributed by atoms with E-state index >= 15 is 0 Å². The molecule has 0 spiro atoms. The van der Waals surface area contributed by atoms with Crippen molar-refractivity contribution in [1.29, 1.82) is 0 Å². The van der Waals surface area contributed by atoms with Crippen molar-refractivity contribution in [2.24, 2.45) is 5.73 Å². The molecule has 1 rings (SSSR count). The van der Waals surface area contributed by atoms with Crippen molar-refractivity contribution >= 4 is 17.5 Å². The van der Waals surface area contributed by atoms with Crippen molar-refractivity contribution in [2.75, 3.05) is 25.5 Å². The van der Waals surface area contributed by atoms with Crippen LogP contribution in [0.3, 0.4) is 0 Å². The average Bonchev–Trinajstić information content (AvgIpc) is 2.28. The van der Waals surface area contributed by atoms with Gasteiger partial charge in [0.05, 0.1) is 7.05 Å². The molecule has 0 aromatic heterocycles. The number of amides is 2. The number of nitrogens with one attached hydrogen (secondary N) is 2. The Labute approximate surface area is 118 Å². The van der Waals surface area contributed by atoms with Gasteiger partial charge in [0.2, 0.25) is 0 Å². The Kier molecular flexibility index (Phi) is 5.53. The predicted octanol–water partition coefficient (Wildman–Crippen LogP) is -0.476. The minimum Gasteiger partial charge on any atom is -0.406 e. The lowest BCUT2D eigenvalue weighted by Crippen LogP contribution is -3.11. The summed E-state index contributed by atoms with van der Waals surface area (Å²) in [4.78, 5) is 22.9. The number of hydrogen-bond acceptors (Lipinski definition) is 3. The summed E-state index contributed by atoms with van der Waals surface area (Å²) in [6, 6.07) is 4.73. The summed E-state index contributed by atoms with van der Waals surface area (Å²) in [6.45, 7) is 0.00945. The molecule has 0 aliphatic heterocycles. The van der Waals surface area contributed by atoms with E-state index in [1.54, 1.807) is 7.05 Å². The standard InChI is InChI=1S/C12H14F3N3O3/c1-18(6-10(16)19)7-11(20)17-8-2-4-9(5-3-8)21-12(13,14)15/h2-5H,6-7H2,1H3,(H2,16,19)(H,17,20)/p+1. The van der Waals surface area contributed by atoms with E-state index in [0.717, 1.165) is 12.1 Å². The van der Waals surface area contributed by atoms with Gasteiger partial charge in [-0.15, -0.1) is 13.2 Å². The zero-order valence-electron chi connectivity index (χ0n) is 11.2. The predicted molar refractivity (Wildman–Crippen MR) is 67.6 cm³/mol. The number of nitrogens with two attached hydrogens (primary N) is 1. The summed E-state index contributed by atoms with van der Waals surface area (Å²) in [5, 5.41) is 2.49. The van der Waals surface area contributed by atoms with Gasteiger partial charge in [-0.05, 0) is 24.3 Å². The number of quaternary nitrogens is 1. The van der Waals surface area contributed by atoms with Crippen molar-refractivity contribution in [3.05, 3.63) is 24.3 Å². The summed E-state index contributed by atoms with van der Waals surface area (Å²) >= 11 is 0. The van der Waals surface area contributed by atoms with Crippen LogP contribution in [0.15, 0.2) is 24.3 Å². The van der Waals surface area contributed by atoms with Crippen molar-refractivity contribution in [3.8, 4) is 5.75 Å². The minimum atomic E-state index is -4.76. The van der Waals surface area contributed by atoms with Gasteiger partial charge in [0.1, 0.15) is 5.75 Å². The highest BCUT2D eigenvalue weighted by Gasteiger charge is 2.30. The van der Waals surface area contributed by atoms with Gasteiger partial charge >= 0.3 is 6.36 Å². The number of benzene rings is 1. The largest absolute Gasteiger partial charge is 0.573 e. The molecule has 2 amide bonds. The molecule has 116 valence electrons. The normalized spacial score (nSPS) is 12.6. The molecule has 9 heteroatoms. The second kappa shape index (κ2) is 6.93. The van der Waals surface area contributed by atoms with Gasteiger partial charge in [-0.2, -0.15) is 0 Å². The van der Waals surface area contributed by atoms with Crippen molar-refractivity contribution in [1.82, 2.24) is 0 Å². The number of halogens is 3. The highest BCUT2D eigenvalue weighted by atomic mass is 19.4. The molecule has 21 heavy (non-hydrogen) atoms. The molecule has 4 N–H and O–H groups in total. The number of carbonyl (C=O) groups excluding carboxylic acids is 2. The maximum atomic E-state index is 12.0. The Morgan fingerprint density at radius 2 is 1.81 bits per heavy atom. The molecule has 0 saturated carbocycles. The van der Waals surface area contributed by atoms with Crippen LogP contribution in [0, 0.1) is 0 Å². The summed E-state index contributed by atoms with van der Waals surface area (Å²) < 4.78 is 39.6. The Bertz CT molecular complexity index is 503. The number of likely N-dealkylation sites (N-methyl/N-ethyl adjacent to an activating group) is 1. The van der Waals surface area contributed by atoms with E-state index in [-0.39, 0.29) is 18.8 Å². The Morgan fingerprint density at radius 3 is 2.29 bits per heavy atom. The molecular formula is C12H15F3N3O3+. The number of ether oxygens (including phenoxy) is 1. The summed E-state index contributed by atoms with van der Waals surface area (Å²) in [6.07, 6.45) is -4.76. The van der Waals surface area contributed by atoms with E-state index in [1.165, 1.54) is 12.1 Å². The Hall–Kier alpha value is -2.29. The zero-order valence-corrected chi connectivity index (χ0v) is 11.2.